The molecular formula is C18H22N2O3. The van der Waals surface area contributed by atoms with Crippen molar-refractivity contribution in [3.8, 4) is 11.5 Å². The summed E-state index contributed by atoms with van der Waals surface area (Å²) in [5.41, 5.74) is 1.88. The summed E-state index contributed by atoms with van der Waals surface area (Å²) in [7, 11) is 3.25. The van der Waals surface area contributed by atoms with E-state index in [1.807, 2.05) is 48.5 Å². The Morgan fingerprint density at radius 1 is 0.957 bits per heavy atom. The molecule has 0 saturated carbocycles. The molecule has 2 N–H and O–H groups in total. The Balaban J connectivity index is 1.77. The van der Waals surface area contributed by atoms with Gasteiger partial charge in [0.15, 0.2) is 0 Å². The van der Waals surface area contributed by atoms with Gasteiger partial charge in [-0.3, -0.25) is 4.79 Å². The third-order valence-corrected chi connectivity index (χ3v) is 3.46. The highest BCUT2D eigenvalue weighted by atomic mass is 16.5. The number of methoxy groups -OCH3 is 2. The van der Waals surface area contributed by atoms with Crippen molar-refractivity contribution >= 4 is 11.6 Å². The molecule has 1 amide bonds. The van der Waals surface area contributed by atoms with Gasteiger partial charge in [0.25, 0.3) is 0 Å². The summed E-state index contributed by atoms with van der Waals surface area (Å²) in [6.45, 7) is 0.763. The van der Waals surface area contributed by atoms with Gasteiger partial charge in [-0.05, 0) is 30.2 Å². The van der Waals surface area contributed by atoms with Crippen molar-refractivity contribution in [2.24, 2.45) is 0 Å². The molecule has 0 unspecified atom stereocenters. The van der Waals surface area contributed by atoms with Gasteiger partial charge >= 0.3 is 0 Å². The fourth-order valence-corrected chi connectivity index (χ4v) is 2.27. The number of nitrogens with one attached hydrogen (secondary N) is 2. The molecule has 0 radical (unpaired) electrons. The smallest absolute Gasteiger partial charge is 0.239 e. The molecule has 5 heteroatoms. The van der Waals surface area contributed by atoms with Crippen LogP contribution in [0.3, 0.4) is 0 Å². The molecule has 0 saturated heterocycles. The molecule has 2 aromatic rings. The van der Waals surface area contributed by atoms with E-state index < -0.39 is 0 Å². The van der Waals surface area contributed by atoms with Crippen molar-refractivity contribution in [1.82, 2.24) is 5.32 Å². The van der Waals surface area contributed by atoms with Crippen LogP contribution in [-0.4, -0.2) is 33.2 Å². The molecule has 2 aromatic carbocycles. The number of rotatable bonds is 8. The molecule has 0 aliphatic heterocycles. The summed E-state index contributed by atoms with van der Waals surface area (Å²) in [5, 5.41) is 5.97. The quantitative estimate of drug-likeness (QED) is 0.786. The highest BCUT2D eigenvalue weighted by Crippen LogP contribution is 2.22. The molecule has 0 bridgehead atoms. The molecule has 0 heterocycles. The second-order valence-electron chi connectivity index (χ2n) is 4.97. The van der Waals surface area contributed by atoms with Crippen molar-refractivity contribution in [1.29, 1.82) is 0 Å². The Labute approximate surface area is 136 Å². The number of hydrogen-bond acceptors (Lipinski definition) is 4. The van der Waals surface area contributed by atoms with Crippen LogP contribution in [0.1, 0.15) is 5.56 Å². The van der Waals surface area contributed by atoms with Gasteiger partial charge in [-0.2, -0.15) is 0 Å². The summed E-state index contributed by atoms with van der Waals surface area (Å²) in [4.78, 5) is 11.9. The zero-order chi connectivity index (χ0) is 16.5. The lowest BCUT2D eigenvalue weighted by atomic mass is 10.1. The van der Waals surface area contributed by atoms with Crippen LogP contribution in [0.5, 0.6) is 11.5 Å². The Hall–Kier alpha value is -2.69. The first-order valence-electron chi connectivity index (χ1n) is 7.50. The van der Waals surface area contributed by atoms with Gasteiger partial charge in [0.2, 0.25) is 5.91 Å². The van der Waals surface area contributed by atoms with Gasteiger partial charge in [-0.25, -0.2) is 0 Å². The minimum absolute atomic E-state index is 0.0641. The summed E-state index contributed by atoms with van der Waals surface area (Å²) >= 11 is 0. The monoisotopic (exact) mass is 314 g/mol. The van der Waals surface area contributed by atoms with E-state index in [-0.39, 0.29) is 12.5 Å². The number of hydrogen-bond donors (Lipinski definition) is 2. The van der Waals surface area contributed by atoms with Crippen molar-refractivity contribution in [2.75, 3.05) is 32.6 Å². The van der Waals surface area contributed by atoms with Gasteiger partial charge in [0, 0.05) is 6.54 Å². The molecule has 2 rings (SSSR count). The molecule has 0 fully saturated rings. The van der Waals surface area contributed by atoms with Crippen molar-refractivity contribution in [2.45, 2.75) is 6.42 Å². The maximum absolute atomic E-state index is 11.9. The average molecular weight is 314 g/mol. The van der Waals surface area contributed by atoms with E-state index in [2.05, 4.69) is 10.6 Å². The van der Waals surface area contributed by atoms with Gasteiger partial charge in [0.1, 0.15) is 11.5 Å². The summed E-state index contributed by atoms with van der Waals surface area (Å²) in [6, 6.07) is 15.3. The van der Waals surface area contributed by atoms with Gasteiger partial charge in [-0.15, -0.1) is 0 Å². The highest BCUT2D eigenvalue weighted by molar-refractivity contribution is 5.81. The number of benzene rings is 2. The van der Waals surface area contributed by atoms with Crippen molar-refractivity contribution < 1.29 is 14.3 Å². The van der Waals surface area contributed by atoms with E-state index in [0.29, 0.717) is 12.3 Å². The normalized spacial score (nSPS) is 10.0. The minimum atomic E-state index is -0.0641. The molecule has 0 spiro atoms. The van der Waals surface area contributed by atoms with E-state index in [0.717, 1.165) is 23.4 Å². The van der Waals surface area contributed by atoms with Gasteiger partial charge in [-0.1, -0.05) is 30.3 Å². The standard InChI is InChI=1S/C18H22N2O3/c1-22-16-9-5-3-7-14(16)11-12-19-18(21)13-20-15-8-4-6-10-17(15)23-2/h3-10,20H,11-13H2,1-2H3,(H,19,21). The van der Waals surface area contributed by atoms with Crippen LogP contribution in [0.25, 0.3) is 0 Å². The third kappa shape index (κ3) is 4.92. The number of ether oxygens (including phenoxy) is 2. The van der Waals surface area contributed by atoms with Gasteiger partial charge in [0.05, 0.1) is 26.5 Å². The zero-order valence-electron chi connectivity index (χ0n) is 13.5. The van der Waals surface area contributed by atoms with Crippen molar-refractivity contribution in [3.05, 3.63) is 54.1 Å². The number of carbonyl (C=O) groups is 1. The lowest BCUT2D eigenvalue weighted by molar-refractivity contribution is -0.119. The molecular weight excluding hydrogens is 292 g/mol. The number of para-hydroxylation sites is 3. The maximum atomic E-state index is 11.9. The van der Waals surface area contributed by atoms with Crippen LogP contribution in [0, 0.1) is 0 Å². The largest absolute Gasteiger partial charge is 0.496 e. The van der Waals surface area contributed by atoms with E-state index in [1.54, 1.807) is 14.2 Å². The fraction of sp³-hybridized carbons (Fsp3) is 0.278. The second kappa shape index (κ2) is 8.68. The summed E-state index contributed by atoms with van der Waals surface area (Å²) in [5.74, 6) is 1.49. The first-order chi connectivity index (χ1) is 11.2. The van der Waals surface area contributed by atoms with Gasteiger partial charge < -0.3 is 20.1 Å². The third-order valence-electron chi connectivity index (χ3n) is 3.46. The van der Waals surface area contributed by atoms with E-state index >= 15 is 0 Å². The molecule has 122 valence electrons. The van der Waals surface area contributed by atoms with Crippen LogP contribution in [0.4, 0.5) is 5.69 Å². The van der Waals surface area contributed by atoms with Crippen LogP contribution < -0.4 is 20.1 Å². The van der Waals surface area contributed by atoms with E-state index in [9.17, 15) is 4.79 Å². The Kier molecular flexibility index (Phi) is 6.29. The Morgan fingerprint density at radius 3 is 2.35 bits per heavy atom. The Morgan fingerprint density at radius 2 is 1.61 bits per heavy atom. The molecule has 0 aromatic heterocycles. The second-order valence-corrected chi connectivity index (χ2v) is 4.97. The van der Waals surface area contributed by atoms with Crippen LogP contribution in [0.2, 0.25) is 0 Å². The average Bonchev–Trinajstić information content (AvgIpc) is 2.60. The lowest BCUT2D eigenvalue weighted by Gasteiger charge is -2.11. The molecule has 0 atom stereocenters. The van der Waals surface area contributed by atoms with E-state index in [1.165, 1.54) is 0 Å². The van der Waals surface area contributed by atoms with Crippen LogP contribution in [-0.2, 0) is 11.2 Å². The van der Waals surface area contributed by atoms with Crippen molar-refractivity contribution in [3.63, 3.8) is 0 Å². The van der Waals surface area contributed by atoms with Crippen LogP contribution >= 0.6 is 0 Å². The highest BCUT2D eigenvalue weighted by Gasteiger charge is 2.06. The lowest BCUT2D eigenvalue weighted by Crippen LogP contribution is -2.31. The first-order valence-corrected chi connectivity index (χ1v) is 7.50. The topological polar surface area (TPSA) is 59.6 Å². The predicted octanol–water partition coefficient (Wildman–Crippen LogP) is 2.47. The molecule has 23 heavy (non-hydrogen) atoms. The number of anilines is 1. The number of carbonyl (C=O) groups excluding carboxylic acids is 1. The summed E-state index contributed by atoms with van der Waals surface area (Å²) < 4.78 is 10.5. The fourth-order valence-electron chi connectivity index (χ4n) is 2.27. The molecule has 5 nitrogen and oxygen atoms in total. The minimum Gasteiger partial charge on any atom is -0.496 e. The SMILES string of the molecule is COc1ccccc1CCNC(=O)CNc1ccccc1OC. The van der Waals surface area contributed by atoms with E-state index in [4.69, 9.17) is 9.47 Å². The van der Waals surface area contributed by atoms with Crippen LogP contribution in [0.15, 0.2) is 48.5 Å². The molecule has 0 aliphatic rings. The summed E-state index contributed by atoms with van der Waals surface area (Å²) in [6.07, 6.45) is 0.727. The zero-order valence-corrected chi connectivity index (χ0v) is 13.5. The maximum Gasteiger partial charge on any atom is 0.239 e. The predicted molar refractivity (Wildman–Crippen MR) is 91.2 cm³/mol. The number of amides is 1. The molecule has 0 aliphatic carbocycles. The first kappa shape index (κ1) is 16.7. The Bertz CT molecular complexity index is 644.